The van der Waals surface area contributed by atoms with Crippen LogP contribution in [0.3, 0.4) is 0 Å². The maximum absolute atomic E-state index is 11.9. The number of benzene rings is 2. The minimum Gasteiger partial charge on any atom is -0.508 e. The number of aliphatic hydroxyl groups excluding tert-OH is 1. The van der Waals surface area contributed by atoms with Crippen LogP contribution in [0.15, 0.2) is 60.4 Å². The van der Waals surface area contributed by atoms with Crippen LogP contribution in [0, 0.1) is 6.92 Å². The maximum atomic E-state index is 11.9. The third kappa shape index (κ3) is 11.7. The number of aryl methyl sites for hydroxylation is 1. The molecular weight excluding hydrogens is 470 g/mol. The van der Waals surface area contributed by atoms with E-state index in [1.54, 1.807) is 49.4 Å². The molecule has 168 valence electrons. The third-order valence-corrected chi connectivity index (χ3v) is 3.60. The molecule has 0 saturated carbocycles. The molecule has 0 atom stereocenters. The van der Waals surface area contributed by atoms with Crippen molar-refractivity contribution in [2.75, 3.05) is 7.11 Å². The molecule has 32 heavy (non-hydrogen) atoms. The number of carbonyl (C=O) groups is 2. The number of ketones is 1. The average Bonchev–Trinajstić information content (AvgIpc) is 2.68. The summed E-state index contributed by atoms with van der Waals surface area (Å²) >= 11 is 0. The fourth-order valence-electron chi connectivity index (χ4n) is 2.18. The van der Waals surface area contributed by atoms with E-state index in [0.717, 1.165) is 18.6 Å². The standard InChI is InChI=1S/C21H20O5.C2H4O2.H2O.Zn/c1-14-11-15(5-9-19(14)24)3-7-17(22)13-18(23)8-4-16-6-10-20(25)21(12-16)26-2;1-2(3)4;;/h3-13,23-25H,1-2H3;1H3,(H,3,4);1H2;/b7-3+,8-4+,18-13?;;;. The summed E-state index contributed by atoms with van der Waals surface area (Å²) < 4.78 is 5.01. The Morgan fingerprint density at radius 3 is 1.94 bits per heavy atom. The fourth-order valence-corrected chi connectivity index (χ4v) is 2.18. The van der Waals surface area contributed by atoms with E-state index < -0.39 is 5.97 Å². The van der Waals surface area contributed by atoms with Gasteiger partial charge < -0.3 is 30.6 Å². The molecule has 0 radical (unpaired) electrons. The average molecular weight is 496 g/mol. The number of ether oxygens (including phenoxy) is 1. The van der Waals surface area contributed by atoms with Gasteiger partial charge in [0.15, 0.2) is 17.3 Å². The molecule has 8 nitrogen and oxygen atoms in total. The molecule has 0 fully saturated rings. The number of aliphatic hydroxyl groups is 1. The van der Waals surface area contributed by atoms with Crippen molar-refractivity contribution >= 4 is 23.9 Å². The number of phenols is 2. The number of carboxylic acids is 1. The number of carboxylic acid groups (broad SMARTS) is 1. The summed E-state index contributed by atoms with van der Waals surface area (Å²) in [5, 5.41) is 36.3. The number of hydrogen-bond donors (Lipinski definition) is 4. The van der Waals surface area contributed by atoms with Gasteiger partial charge in [-0.1, -0.05) is 24.3 Å². The molecule has 0 aliphatic carbocycles. The molecule has 0 aromatic heterocycles. The Balaban J connectivity index is 0. The van der Waals surface area contributed by atoms with Gasteiger partial charge in [0.2, 0.25) is 0 Å². The monoisotopic (exact) mass is 494 g/mol. The van der Waals surface area contributed by atoms with Gasteiger partial charge in [0.25, 0.3) is 5.97 Å². The number of phenolic OH excluding ortho intramolecular Hbond substituents is 2. The first kappa shape index (κ1) is 30.8. The number of methoxy groups -OCH3 is 1. The van der Waals surface area contributed by atoms with E-state index in [4.69, 9.17) is 14.6 Å². The van der Waals surface area contributed by atoms with Crippen molar-refractivity contribution in [3.05, 3.63) is 77.1 Å². The van der Waals surface area contributed by atoms with Gasteiger partial charge in [0, 0.05) is 32.5 Å². The van der Waals surface area contributed by atoms with Crippen LogP contribution in [0.25, 0.3) is 12.2 Å². The molecule has 0 unspecified atom stereocenters. The molecule has 0 aliphatic heterocycles. The van der Waals surface area contributed by atoms with Crippen LogP contribution in [0.4, 0.5) is 0 Å². The number of allylic oxidation sites excluding steroid dienone is 3. The summed E-state index contributed by atoms with van der Waals surface area (Å²) in [7, 11) is 1.44. The van der Waals surface area contributed by atoms with Gasteiger partial charge in [-0.15, -0.1) is 0 Å². The molecule has 0 heterocycles. The Bertz CT molecular complexity index is 989. The van der Waals surface area contributed by atoms with Crippen molar-refractivity contribution in [2.24, 2.45) is 0 Å². The van der Waals surface area contributed by atoms with Crippen molar-refractivity contribution in [1.29, 1.82) is 0 Å². The zero-order valence-electron chi connectivity index (χ0n) is 18.1. The predicted molar refractivity (Wildman–Crippen MR) is 118 cm³/mol. The van der Waals surface area contributed by atoms with Crippen LogP contribution >= 0.6 is 0 Å². The normalized spacial score (nSPS) is 10.5. The van der Waals surface area contributed by atoms with Crippen molar-refractivity contribution in [3.63, 3.8) is 0 Å². The number of carbonyl (C=O) groups excluding carboxylic acids is 1. The van der Waals surface area contributed by atoms with E-state index >= 15 is 0 Å². The van der Waals surface area contributed by atoms with E-state index in [1.807, 2.05) is 0 Å². The first-order valence-corrected chi connectivity index (χ1v) is 8.79. The Kier molecular flexibility index (Phi) is 14.8. The Labute approximate surface area is 198 Å². The second kappa shape index (κ2) is 15.4. The van der Waals surface area contributed by atoms with E-state index in [9.17, 15) is 20.1 Å². The molecule has 2 rings (SSSR count). The van der Waals surface area contributed by atoms with E-state index in [1.165, 1.54) is 25.3 Å². The summed E-state index contributed by atoms with van der Waals surface area (Å²) in [5.74, 6) is -0.871. The molecule has 9 heteroatoms. The molecule has 0 saturated heterocycles. The van der Waals surface area contributed by atoms with Crippen molar-refractivity contribution in [1.82, 2.24) is 0 Å². The molecule has 2 aromatic rings. The largest absolute Gasteiger partial charge is 0.508 e. The second-order valence-electron chi connectivity index (χ2n) is 6.13. The molecule has 0 spiro atoms. The SMILES string of the molecule is CC(=O)O.COc1cc(/C=C/C(O)=CC(=O)/C=C/c2ccc(O)c(C)c2)ccc1O.O.[Zn]. The summed E-state index contributed by atoms with van der Waals surface area (Å²) in [6.45, 7) is 2.85. The number of aliphatic carboxylic acids is 1. The van der Waals surface area contributed by atoms with Gasteiger partial charge in [-0.3, -0.25) is 9.59 Å². The van der Waals surface area contributed by atoms with Gasteiger partial charge >= 0.3 is 0 Å². The molecule has 2 aromatic carbocycles. The molecule has 6 N–H and O–H groups in total. The van der Waals surface area contributed by atoms with E-state index in [-0.39, 0.29) is 48.0 Å². The van der Waals surface area contributed by atoms with Gasteiger partial charge in [0.1, 0.15) is 11.5 Å². The van der Waals surface area contributed by atoms with E-state index in [2.05, 4.69) is 0 Å². The van der Waals surface area contributed by atoms with Crippen molar-refractivity contribution in [2.45, 2.75) is 13.8 Å². The maximum Gasteiger partial charge on any atom is 0.300 e. The fraction of sp³-hybridized carbons (Fsp3) is 0.130. The molecule has 0 bridgehead atoms. The third-order valence-electron chi connectivity index (χ3n) is 3.60. The van der Waals surface area contributed by atoms with Crippen LogP contribution < -0.4 is 4.74 Å². The van der Waals surface area contributed by atoms with E-state index in [0.29, 0.717) is 16.9 Å². The quantitative estimate of drug-likeness (QED) is 0.207. The Morgan fingerprint density at radius 1 is 0.906 bits per heavy atom. The second-order valence-corrected chi connectivity index (χ2v) is 6.13. The Hall–Kier alpha value is -3.42. The summed E-state index contributed by atoms with van der Waals surface area (Å²) in [4.78, 5) is 20.9. The van der Waals surface area contributed by atoms with Crippen LogP contribution in [0.1, 0.15) is 23.6 Å². The molecule has 0 amide bonds. The molecular formula is C23H26O8Zn. The summed E-state index contributed by atoms with van der Waals surface area (Å²) in [6, 6.07) is 9.73. The van der Waals surface area contributed by atoms with Gasteiger partial charge in [-0.25, -0.2) is 0 Å². The van der Waals surface area contributed by atoms with Crippen LogP contribution in [0.5, 0.6) is 17.2 Å². The predicted octanol–water partition coefficient (Wildman–Crippen LogP) is 3.42. The minimum atomic E-state index is -0.833. The smallest absolute Gasteiger partial charge is 0.300 e. The number of hydrogen-bond acceptors (Lipinski definition) is 6. The van der Waals surface area contributed by atoms with Gasteiger partial charge in [-0.2, -0.15) is 0 Å². The topological polar surface area (TPSA) is 156 Å². The zero-order valence-corrected chi connectivity index (χ0v) is 21.0. The minimum absolute atomic E-state index is 0. The van der Waals surface area contributed by atoms with Crippen molar-refractivity contribution in [3.8, 4) is 17.2 Å². The Morgan fingerprint density at radius 2 is 1.41 bits per heavy atom. The number of aromatic hydroxyl groups is 2. The summed E-state index contributed by atoms with van der Waals surface area (Å²) in [6.07, 6.45) is 7.00. The number of rotatable bonds is 6. The van der Waals surface area contributed by atoms with Crippen LogP contribution in [-0.4, -0.2) is 44.8 Å². The molecule has 0 aliphatic rings. The van der Waals surface area contributed by atoms with Crippen molar-refractivity contribution < 1.29 is 59.7 Å². The van der Waals surface area contributed by atoms with Gasteiger partial charge in [-0.05, 0) is 60.0 Å². The zero-order chi connectivity index (χ0) is 22.7. The van der Waals surface area contributed by atoms with Gasteiger partial charge in [0.05, 0.1) is 7.11 Å². The van der Waals surface area contributed by atoms with Crippen LogP contribution in [0.2, 0.25) is 0 Å². The first-order valence-electron chi connectivity index (χ1n) is 8.79. The first-order chi connectivity index (χ1) is 14.1. The van der Waals surface area contributed by atoms with Crippen LogP contribution in [-0.2, 0) is 29.1 Å². The summed E-state index contributed by atoms with van der Waals surface area (Å²) in [5.41, 5.74) is 2.18.